The van der Waals surface area contributed by atoms with Crippen LogP contribution in [0.4, 0.5) is 13.2 Å². The molecule has 1 aromatic heterocycles. The van der Waals surface area contributed by atoms with Gasteiger partial charge < -0.3 is 10.4 Å². The van der Waals surface area contributed by atoms with Gasteiger partial charge in [-0.1, -0.05) is 6.07 Å². The Bertz CT molecular complexity index is 408. The number of aromatic carboxylic acids is 1. The predicted molar refractivity (Wildman–Crippen MR) is 58.2 cm³/mol. The minimum Gasteiger partial charge on any atom is -0.477 e. The van der Waals surface area contributed by atoms with Crippen molar-refractivity contribution < 1.29 is 23.1 Å². The molecule has 0 bridgehead atoms. The maximum absolute atomic E-state index is 11.8. The Labute approximate surface area is 102 Å². The highest BCUT2D eigenvalue weighted by atomic mass is 19.4. The Morgan fingerprint density at radius 1 is 1.39 bits per heavy atom. The molecule has 18 heavy (non-hydrogen) atoms. The number of pyridine rings is 1. The minimum atomic E-state index is -4.14. The van der Waals surface area contributed by atoms with Crippen LogP contribution in [0.25, 0.3) is 0 Å². The molecule has 4 nitrogen and oxygen atoms in total. The summed E-state index contributed by atoms with van der Waals surface area (Å²) in [6.07, 6.45) is -4.98. The summed E-state index contributed by atoms with van der Waals surface area (Å²) in [4.78, 5) is 14.5. The van der Waals surface area contributed by atoms with Crippen molar-refractivity contribution in [3.05, 3.63) is 29.6 Å². The van der Waals surface area contributed by atoms with Crippen molar-refractivity contribution in [3.8, 4) is 0 Å². The molecule has 100 valence electrons. The molecule has 0 aliphatic rings. The summed E-state index contributed by atoms with van der Waals surface area (Å²) in [6.45, 7) is 0.456. The fourth-order valence-corrected chi connectivity index (χ4v) is 1.33. The molecule has 7 heteroatoms. The molecule has 0 aliphatic carbocycles. The molecule has 2 N–H and O–H groups in total. The molecule has 0 aromatic carbocycles. The molecule has 1 heterocycles. The smallest absolute Gasteiger partial charge is 0.389 e. The lowest BCUT2D eigenvalue weighted by Gasteiger charge is -2.07. The van der Waals surface area contributed by atoms with Crippen molar-refractivity contribution in [2.75, 3.05) is 6.54 Å². The van der Waals surface area contributed by atoms with Gasteiger partial charge in [-0.05, 0) is 25.1 Å². The average Bonchev–Trinajstić information content (AvgIpc) is 2.27. The first-order valence-corrected chi connectivity index (χ1v) is 5.35. The van der Waals surface area contributed by atoms with Crippen molar-refractivity contribution in [1.82, 2.24) is 10.3 Å². The molecule has 1 aromatic rings. The van der Waals surface area contributed by atoms with Gasteiger partial charge in [-0.2, -0.15) is 13.2 Å². The highest BCUT2D eigenvalue weighted by molar-refractivity contribution is 5.85. The second-order valence-corrected chi connectivity index (χ2v) is 3.71. The summed E-state index contributed by atoms with van der Waals surface area (Å²) in [5.41, 5.74) is 0.409. The fraction of sp³-hybridized carbons (Fsp3) is 0.455. The number of nitrogens with one attached hydrogen (secondary N) is 1. The minimum absolute atomic E-state index is 0.0118. The first-order chi connectivity index (χ1) is 8.38. The molecular formula is C11H13F3N2O2. The van der Waals surface area contributed by atoms with E-state index < -0.39 is 18.6 Å². The summed E-state index contributed by atoms with van der Waals surface area (Å²) < 4.78 is 35.5. The number of rotatable bonds is 6. The maximum Gasteiger partial charge on any atom is 0.389 e. The van der Waals surface area contributed by atoms with Crippen LogP contribution in [0.2, 0.25) is 0 Å². The van der Waals surface area contributed by atoms with E-state index in [1.807, 2.05) is 0 Å². The summed E-state index contributed by atoms with van der Waals surface area (Å²) in [5.74, 6) is -1.13. The first kappa shape index (κ1) is 14.4. The number of carboxylic acids is 1. The molecule has 0 amide bonds. The third-order valence-electron chi connectivity index (χ3n) is 2.15. The van der Waals surface area contributed by atoms with Crippen molar-refractivity contribution in [3.63, 3.8) is 0 Å². The van der Waals surface area contributed by atoms with Gasteiger partial charge in [0.1, 0.15) is 5.69 Å². The zero-order valence-corrected chi connectivity index (χ0v) is 9.50. The number of aromatic nitrogens is 1. The van der Waals surface area contributed by atoms with E-state index in [1.54, 1.807) is 12.1 Å². The molecule has 0 aliphatic heterocycles. The van der Waals surface area contributed by atoms with Gasteiger partial charge in [0.05, 0.1) is 5.69 Å². The molecule has 0 spiro atoms. The number of hydrogen-bond acceptors (Lipinski definition) is 3. The van der Waals surface area contributed by atoms with Crippen LogP contribution in [0, 0.1) is 0 Å². The summed E-state index contributed by atoms with van der Waals surface area (Å²) >= 11 is 0. The van der Waals surface area contributed by atoms with Gasteiger partial charge in [0.15, 0.2) is 0 Å². The van der Waals surface area contributed by atoms with E-state index in [4.69, 9.17) is 5.11 Å². The quantitative estimate of drug-likeness (QED) is 0.771. The van der Waals surface area contributed by atoms with Crippen LogP contribution in [-0.4, -0.2) is 28.8 Å². The zero-order valence-electron chi connectivity index (χ0n) is 9.50. The van der Waals surface area contributed by atoms with E-state index in [9.17, 15) is 18.0 Å². The van der Waals surface area contributed by atoms with Crippen LogP contribution >= 0.6 is 0 Å². The lowest BCUT2D eigenvalue weighted by molar-refractivity contribution is -0.135. The number of halogens is 3. The molecule has 0 unspecified atom stereocenters. The van der Waals surface area contributed by atoms with Crippen molar-refractivity contribution in [2.24, 2.45) is 0 Å². The monoisotopic (exact) mass is 262 g/mol. The van der Waals surface area contributed by atoms with Crippen molar-refractivity contribution in [1.29, 1.82) is 0 Å². The van der Waals surface area contributed by atoms with E-state index in [1.165, 1.54) is 6.07 Å². The number of carbonyl (C=O) groups is 1. The van der Waals surface area contributed by atoms with Gasteiger partial charge in [-0.15, -0.1) is 0 Å². The summed E-state index contributed by atoms with van der Waals surface area (Å²) in [7, 11) is 0. The second-order valence-electron chi connectivity index (χ2n) is 3.71. The third kappa shape index (κ3) is 5.62. The van der Waals surface area contributed by atoms with Gasteiger partial charge in [-0.25, -0.2) is 9.78 Å². The largest absolute Gasteiger partial charge is 0.477 e. The Balaban J connectivity index is 2.31. The predicted octanol–water partition coefficient (Wildman–Crippen LogP) is 2.21. The van der Waals surface area contributed by atoms with Gasteiger partial charge in [0, 0.05) is 13.0 Å². The maximum atomic E-state index is 11.8. The fourth-order valence-electron chi connectivity index (χ4n) is 1.33. The first-order valence-electron chi connectivity index (χ1n) is 5.35. The highest BCUT2D eigenvalue weighted by Gasteiger charge is 2.25. The molecular weight excluding hydrogens is 249 g/mol. The van der Waals surface area contributed by atoms with Gasteiger partial charge in [0.25, 0.3) is 0 Å². The lowest BCUT2D eigenvalue weighted by atomic mass is 10.2. The SMILES string of the molecule is O=C(O)c1cccc(CNCCCC(F)(F)F)n1. The van der Waals surface area contributed by atoms with Crippen LogP contribution in [0.15, 0.2) is 18.2 Å². The third-order valence-corrected chi connectivity index (χ3v) is 2.15. The van der Waals surface area contributed by atoms with Crippen LogP contribution < -0.4 is 5.32 Å². The molecule has 0 saturated heterocycles. The van der Waals surface area contributed by atoms with Crippen LogP contribution in [0.3, 0.4) is 0 Å². The standard InChI is InChI=1S/C11H13F3N2O2/c12-11(13,14)5-2-6-15-7-8-3-1-4-9(16-8)10(17)18/h1,3-4,15H,2,5-7H2,(H,17,18). The summed E-state index contributed by atoms with van der Waals surface area (Å²) in [5, 5.41) is 11.5. The van der Waals surface area contributed by atoms with Crippen molar-refractivity contribution >= 4 is 5.97 Å². The average molecular weight is 262 g/mol. The Hall–Kier alpha value is -1.63. The molecule has 0 radical (unpaired) electrons. The number of carboxylic acid groups (broad SMARTS) is 1. The molecule has 0 fully saturated rings. The molecule has 0 atom stereocenters. The number of nitrogens with zero attached hydrogens (tertiary/aromatic N) is 1. The lowest BCUT2D eigenvalue weighted by Crippen LogP contribution is -2.18. The molecule has 1 rings (SSSR count). The van der Waals surface area contributed by atoms with Gasteiger partial charge in [0.2, 0.25) is 0 Å². The molecule has 0 saturated carbocycles. The highest BCUT2D eigenvalue weighted by Crippen LogP contribution is 2.20. The van der Waals surface area contributed by atoms with Gasteiger partial charge >= 0.3 is 12.1 Å². The van der Waals surface area contributed by atoms with E-state index in [0.29, 0.717) is 5.69 Å². The van der Waals surface area contributed by atoms with E-state index >= 15 is 0 Å². The van der Waals surface area contributed by atoms with E-state index in [-0.39, 0.29) is 25.2 Å². The summed E-state index contributed by atoms with van der Waals surface area (Å²) in [6, 6.07) is 4.52. The number of hydrogen-bond donors (Lipinski definition) is 2. The van der Waals surface area contributed by atoms with E-state index in [0.717, 1.165) is 0 Å². The van der Waals surface area contributed by atoms with Crippen molar-refractivity contribution in [2.45, 2.75) is 25.6 Å². The van der Waals surface area contributed by atoms with Crippen LogP contribution in [-0.2, 0) is 6.54 Å². The normalized spacial score (nSPS) is 11.5. The second kappa shape index (κ2) is 6.34. The van der Waals surface area contributed by atoms with Crippen LogP contribution in [0.1, 0.15) is 29.0 Å². The number of alkyl halides is 3. The Morgan fingerprint density at radius 3 is 2.72 bits per heavy atom. The van der Waals surface area contributed by atoms with E-state index in [2.05, 4.69) is 10.3 Å². The Kier molecular flexibility index (Phi) is 5.08. The zero-order chi connectivity index (χ0) is 13.6. The van der Waals surface area contributed by atoms with Crippen LogP contribution in [0.5, 0.6) is 0 Å². The Morgan fingerprint density at radius 2 is 2.11 bits per heavy atom. The topological polar surface area (TPSA) is 62.2 Å². The van der Waals surface area contributed by atoms with Gasteiger partial charge in [-0.3, -0.25) is 0 Å².